The van der Waals surface area contributed by atoms with Crippen molar-refractivity contribution in [3.8, 4) is 5.75 Å². The first-order valence-corrected chi connectivity index (χ1v) is 10.9. The third-order valence-corrected chi connectivity index (χ3v) is 4.98. The average molecular weight is 466 g/mol. The lowest BCUT2D eigenvalue weighted by Gasteiger charge is -2.11. The summed E-state index contributed by atoms with van der Waals surface area (Å²) >= 11 is 0. The van der Waals surface area contributed by atoms with Crippen LogP contribution in [0.2, 0.25) is 0 Å². The topological polar surface area (TPSA) is 104 Å². The summed E-state index contributed by atoms with van der Waals surface area (Å²) in [5, 5.41) is 0. The van der Waals surface area contributed by atoms with Gasteiger partial charge in [0.15, 0.2) is 0 Å². The van der Waals surface area contributed by atoms with Crippen molar-refractivity contribution in [3.05, 3.63) is 88.2 Å². The van der Waals surface area contributed by atoms with Crippen LogP contribution in [0.4, 0.5) is 0 Å². The number of hydrogen-bond donors (Lipinski definition) is 1. The molecule has 0 atom stereocenters. The fourth-order valence-corrected chi connectivity index (χ4v) is 3.37. The summed E-state index contributed by atoms with van der Waals surface area (Å²) in [5.74, 6) is -1.49. The van der Waals surface area contributed by atoms with Gasteiger partial charge in [-0.15, -0.1) is 0 Å². The quantitative estimate of drug-likeness (QED) is 0.344. The molecule has 0 aliphatic carbocycles. The molecule has 0 saturated heterocycles. The van der Waals surface area contributed by atoms with Gasteiger partial charge in [0, 0.05) is 0 Å². The largest absolute Gasteiger partial charge is 0.488 e. The Morgan fingerprint density at radius 1 is 0.765 bits per heavy atom. The van der Waals surface area contributed by atoms with Gasteiger partial charge in [0.2, 0.25) is 0 Å². The summed E-state index contributed by atoms with van der Waals surface area (Å²) in [6, 6.07) is 16.3. The van der Waals surface area contributed by atoms with Gasteiger partial charge in [0.1, 0.15) is 30.2 Å². The molecule has 8 nitrogen and oxygen atoms in total. The predicted octanol–water partition coefficient (Wildman–Crippen LogP) is 4.61. The molecule has 1 heterocycles. The third-order valence-electron chi connectivity index (χ3n) is 4.98. The number of hydrogen-bond acceptors (Lipinski definition) is 7. The number of ether oxygens (including phenoxy) is 4. The van der Waals surface area contributed by atoms with E-state index in [1.807, 2.05) is 30.3 Å². The van der Waals surface area contributed by atoms with E-state index in [1.165, 1.54) is 0 Å². The number of aromatic nitrogens is 1. The van der Waals surface area contributed by atoms with E-state index < -0.39 is 17.9 Å². The van der Waals surface area contributed by atoms with E-state index in [0.29, 0.717) is 11.3 Å². The molecule has 1 aromatic heterocycles. The maximum absolute atomic E-state index is 12.9. The van der Waals surface area contributed by atoms with Crippen LogP contribution in [0.25, 0.3) is 0 Å². The second kappa shape index (κ2) is 11.7. The second-order valence-corrected chi connectivity index (χ2v) is 7.27. The van der Waals surface area contributed by atoms with Crippen LogP contribution in [0, 0.1) is 6.92 Å². The van der Waals surface area contributed by atoms with Gasteiger partial charge in [-0.3, -0.25) is 0 Å². The van der Waals surface area contributed by atoms with Crippen molar-refractivity contribution in [3.63, 3.8) is 0 Å². The van der Waals surface area contributed by atoms with Gasteiger partial charge in [-0.2, -0.15) is 0 Å². The molecule has 34 heavy (non-hydrogen) atoms. The number of carbonyl (C=O) groups excluding carboxylic acids is 3. The molecule has 3 rings (SSSR count). The van der Waals surface area contributed by atoms with Crippen molar-refractivity contribution in [1.82, 2.24) is 4.98 Å². The molecule has 0 radical (unpaired) electrons. The number of carbonyl (C=O) groups is 3. The normalized spacial score (nSPS) is 10.4. The third kappa shape index (κ3) is 5.83. The monoisotopic (exact) mass is 465 g/mol. The standard InChI is InChI=1S/C26H27NO7/c1-4-31-25(29)22-17(3)23(26(30)32-5-2)27-20(22)16-34-24(28)19-13-9-10-14-21(19)33-15-18-11-7-6-8-12-18/h6-14,27H,4-5,15-16H2,1-3H3. The van der Waals surface area contributed by atoms with Gasteiger partial charge in [-0.05, 0) is 44.0 Å². The Labute approximate surface area is 197 Å². The minimum absolute atomic E-state index is 0.113. The molecule has 0 aliphatic heterocycles. The fraction of sp³-hybridized carbons (Fsp3) is 0.269. The van der Waals surface area contributed by atoms with Gasteiger partial charge in [-0.25, -0.2) is 14.4 Å². The maximum Gasteiger partial charge on any atom is 0.355 e. The Morgan fingerprint density at radius 3 is 2.12 bits per heavy atom. The summed E-state index contributed by atoms with van der Waals surface area (Å²) in [6.45, 7) is 5.31. The molecule has 1 N–H and O–H groups in total. The zero-order valence-corrected chi connectivity index (χ0v) is 19.4. The van der Waals surface area contributed by atoms with Crippen LogP contribution in [0.15, 0.2) is 54.6 Å². The highest BCUT2D eigenvalue weighted by Crippen LogP contribution is 2.24. The van der Waals surface area contributed by atoms with Crippen molar-refractivity contribution in [2.75, 3.05) is 13.2 Å². The Kier molecular flexibility index (Phi) is 8.45. The number of esters is 3. The summed E-state index contributed by atoms with van der Waals surface area (Å²) in [6.07, 6.45) is 0. The first-order chi connectivity index (χ1) is 16.5. The number of aromatic amines is 1. The summed E-state index contributed by atoms with van der Waals surface area (Å²) in [7, 11) is 0. The molecular formula is C26H27NO7. The molecule has 0 amide bonds. The van der Waals surface area contributed by atoms with Crippen LogP contribution in [-0.2, 0) is 27.4 Å². The zero-order chi connectivity index (χ0) is 24.5. The van der Waals surface area contributed by atoms with Crippen LogP contribution in [-0.4, -0.2) is 36.1 Å². The van der Waals surface area contributed by atoms with Gasteiger partial charge < -0.3 is 23.9 Å². The van der Waals surface area contributed by atoms with Crippen molar-refractivity contribution in [1.29, 1.82) is 0 Å². The number of rotatable bonds is 10. The molecule has 3 aromatic rings. The van der Waals surface area contributed by atoms with Gasteiger partial charge in [0.05, 0.1) is 24.5 Å². The van der Waals surface area contributed by atoms with Gasteiger partial charge >= 0.3 is 17.9 Å². The Balaban J connectivity index is 1.78. The highest BCUT2D eigenvalue weighted by Gasteiger charge is 2.26. The average Bonchev–Trinajstić information content (AvgIpc) is 3.18. The molecule has 0 aliphatic rings. The number of H-pyrrole nitrogens is 1. The first-order valence-electron chi connectivity index (χ1n) is 10.9. The molecule has 0 unspecified atom stereocenters. The Bertz CT molecular complexity index is 1150. The molecule has 0 saturated carbocycles. The summed E-state index contributed by atoms with van der Waals surface area (Å²) in [4.78, 5) is 40.5. The van der Waals surface area contributed by atoms with E-state index in [1.54, 1.807) is 45.0 Å². The molecule has 0 bridgehead atoms. The van der Waals surface area contributed by atoms with Crippen molar-refractivity contribution >= 4 is 17.9 Å². The molecule has 178 valence electrons. The highest BCUT2D eigenvalue weighted by atomic mass is 16.5. The molecule has 8 heteroatoms. The smallest absolute Gasteiger partial charge is 0.355 e. The zero-order valence-electron chi connectivity index (χ0n) is 19.4. The number of para-hydroxylation sites is 1. The van der Waals surface area contributed by atoms with E-state index >= 15 is 0 Å². The number of nitrogens with one attached hydrogen (secondary N) is 1. The van der Waals surface area contributed by atoms with Crippen LogP contribution >= 0.6 is 0 Å². The molecule has 0 spiro atoms. The molecule has 0 fully saturated rings. The van der Waals surface area contributed by atoms with E-state index in [0.717, 1.165) is 5.56 Å². The van der Waals surface area contributed by atoms with Crippen LogP contribution in [0.1, 0.15) is 61.9 Å². The maximum atomic E-state index is 12.9. The second-order valence-electron chi connectivity index (χ2n) is 7.27. The van der Waals surface area contributed by atoms with Gasteiger partial charge in [0.25, 0.3) is 0 Å². The van der Waals surface area contributed by atoms with Gasteiger partial charge in [-0.1, -0.05) is 42.5 Å². The highest BCUT2D eigenvalue weighted by molar-refractivity contribution is 5.99. The lowest BCUT2D eigenvalue weighted by Crippen LogP contribution is -2.12. The minimum atomic E-state index is -0.636. The van der Waals surface area contributed by atoms with E-state index in [9.17, 15) is 14.4 Å². The Hall–Kier alpha value is -4.07. The SMILES string of the molecule is CCOC(=O)c1[nH]c(COC(=O)c2ccccc2OCc2ccccc2)c(C(=O)OCC)c1C. The van der Waals surface area contributed by atoms with Crippen LogP contribution < -0.4 is 4.74 Å². The number of benzene rings is 2. The minimum Gasteiger partial charge on any atom is -0.488 e. The molecular weight excluding hydrogens is 438 g/mol. The van der Waals surface area contributed by atoms with Crippen molar-refractivity contribution in [2.45, 2.75) is 34.0 Å². The van der Waals surface area contributed by atoms with E-state index in [2.05, 4.69) is 4.98 Å². The Morgan fingerprint density at radius 2 is 1.41 bits per heavy atom. The lowest BCUT2D eigenvalue weighted by atomic mass is 10.1. The lowest BCUT2D eigenvalue weighted by molar-refractivity contribution is 0.0441. The van der Waals surface area contributed by atoms with Crippen LogP contribution in [0.5, 0.6) is 5.75 Å². The molecule has 2 aromatic carbocycles. The summed E-state index contributed by atoms with van der Waals surface area (Å²) in [5.41, 5.74) is 2.07. The fourth-order valence-electron chi connectivity index (χ4n) is 3.37. The van der Waals surface area contributed by atoms with E-state index in [4.69, 9.17) is 18.9 Å². The first kappa shape index (κ1) is 24.6. The van der Waals surface area contributed by atoms with Crippen molar-refractivity contribution in [2.24, 2.45) is 0 Å². The van der Waals surface area contributed by atoms with Crippen LogP contribution in [0.3, 0.4) is 0 Å². The van der Waals surface area contributed by atoms with Crippen molar-refractivity contribution < 1.29 is 33.3 Å². The van der Waals surface area contributed by atoms with E-state index in [-0.39, 0.29) is 48.9 Å². The predicted molar refractivity (Wildman–Crippen MR) is 124 cm³/mol. The summed E-state index contributed by atoms with van der Waals surface area (Å²) < 4.78 is 21.5.